The summed E-state index contributed by atoms with van der Waals surface area (Å²) in [6, 6.07) is 14.5. The molecule has 0 fully saturated rings. The summed E-state index contributed by atoms with van der Waals surface area (Å²) in [4.78, 5) is 24.4. The van der Waals surface area contributed by atoms with Crippen molar-refractivity contribution in [3.05, 3.63) is 71.5 Å². The fraction of sp³-hybridized carbons (Fsp3) is 0.167. The quantitative estimate of drug-likeness (QED) is 0.381. The van der Waals surface area contributed by atoms with Crippen molar-refractivity contribution in [1.29, 1.82) is 0 Å². The minimum absolute atomic E-state index is 0.0507. The van der Waals surface area contributed by atoms with Crippen LogP contribution in [0.1, 0.15) is 35.8 Å². The number of nitrogens with zero attached hydrogens (tertiary/aromatic N) is 3. The van der Waals surface area contributed by atoms with Crippen molar-refractivity contribution in [2.45, 2.75) is 26.3 Å². The van der Waals surface area contributed by atoms with Crippen molar-refractivity contribution in [3.8, 4) is 22.6 Å². The van der Waals surface area contributed by atoms with Crippen LogP contribution in [0.4, 0.5) is 16.0 Å². The number of amides is 2. The van der Waals surface area contributed by atoms with Crippen LogP contribution in [0.2, 0.25) is 0 Å². The minimum Gasteiger partial charge on any atom is -0.383 e. The Bertz CT molecular complexity index is 1360. The number of nitrogens with two attached hydrogens (primary N) is 2. The van der Waals surface area contributed by atoms with Gasteiger partial charge in [0, 0.05) is 17.7 Å². The smallest absolute Gasteiger partial charge is 0.254 e. The van der Waals surface area contributed by atoms with E-state index < -0.39 is 11.7 Å². The van der Waals surface area contributed by atoms with Crippen LogP contribution in [-0.2, 0) is 11.2 Å². The highest BCUT2D eigenvalue weighted by Crippen LogP contribution is 2.29. The second-order valence-corrected chi connectivity index (χ2v) is 7.99. The Balaban J connectivity index is 1.47. The third-order valence-electron chi connectivity index (χ3n) is 5.19. The SMILES string of the molecule is CC(C)n1nc(-c2ccc(CC(=O)Nc3cc(-c4ccccc4F)on3)cc2)c(C(N)=O)c1N. The second kappa shape index (κ2) is 9.18. The van der Waals surface area contributed by atoms with E-state index in [9.17, 15) is 14.0 Å². The van der Waals surface area contributed by atoms with E-state index >= 15 is 0 Å². The number of hydrogen-bond acceptors (Lipinski definition) is 6. The van der Waals surface area contributed by atoms with Crippen molar-refractivity contribution < 1.29 is 18.5 Å². The molecule has 0 saturated carbocycles. The van der Waals surface area contributed by atoms with Crippen LogP contribution in [-0.4, -0.2) is 26.8 Å². The lowest BCUT2D eigenvalue weighted by atomic mass is 10.0. The maximum absolute atomic E-state index is 13.9. The number of primary amides is 1. The molecule has 0 unspecified atom stereocenters. The van der Waals surface area contributed by atoms with Crippen molar-refractivity contribution in [2.75, 3.05) is 11.1 Å². The molecule has 0 aliphatic carbocycles. The molecule has 0 aliphatic rings. The lowest BCUT2D eigenvalue weighted by molar-refractivity contribution is -0.115. The summed E-state index contributed by atoms with van der Waals surface area (Å²) in [5, 5.41) is 10.9. The standard InChI is InChI=1S/C24H23FN6O3/c1-13(2)31-23(26)21(24(27)33)22(29-31)15-9-7-14(8-10-15)11-20(32)28-19-12-18(34-30-19)16-5-3-4-6-17(16)25/h3-10,12-13H,11,26H2,1-2H3,(H2,27,33)(H,28,30,32). The van der Waals surface area contributed by atoms with E-state index in [1.54, 1.807) is 47.1 Å². The monoisotopic (exact) mass is 462 g/mol. The van der Waals surface area contributed by atoms with Gasteiger partial charge in [0.2, 0.25) is 5.91 Å². The Morgan fingerprint density at radius 3 is 2.50 bits per heavy atom. The first-order valence-corrected chi connectivity index (χ1v) is 10.5. The van der Waals surface area contributed by atoms with Crippen LogP contribution < -0.4 is 16.8 Å². The molecular formula is C24H23FN6O3. The zero-order valence-electron chi connectivity index (χ0n) is 18.6. The van der Waals surface area contributed by atoms with Gasteiger partial charge in [-0.05, 0) is 31.5 Å². The highest BCUT2D eigenvalue weighted by molar-refractivity contribution is 6.03. The van der Waals surface area contributed by atoms with E-state index in [-0.39, 0.29) is 46.9 Å². The molecule has 2 amide bonds. The van der Waals surface area contributed by atoms with Crippen LogP contribution in [0.5, 0.6) is 0 Å². The largest absolute Gasteiger partial charge is 0.383 e. The minimum atomic E-state index is -0.662. The maximum Gasteiger partial charge on any atom is 0.254 e. The van der Waals surface area contributed by atoms with Crippen LogP contribution in [0.3, 0.4) is 0 Å². The summed E-state index contributed by atoms with van der Waals surface area (Å²) in [6.07, 6.45) is 0.0629. The van der Waals surface area contributed by atoms with Gasteiger partial charge in [-0.25, -0.2) is 9.07 Å². The topological polar surface area (TPSA) is 142 Å². The lowest BCUT2D eigenvalue weighted by Crippen LogP contribution is -2.15. The molecule has 5 N–H and O–H groups in total. The van der Waals surface area contributed by atoms with Crippen LogP contribution in [0.15, 0.2) is 59.1 Å². The van der Waals surface area contributed by atoms with Crippen molar-refractivity contribution in [1.82, 2.24) is 14.9 Å². The highest BCUT2D eigenvalue weighted by atomic mass is 19.1. The number of halogens is 1. The van der Waals surface area contributed by atoms with Crippen LogP contribution in [0.25, 0.3) is 22.6 Å². The molecule has 34 heavy (non-hydrogen) atoms. The van der Waals surface area contributed by atoms with Gasteiger partial charge in [-0.2, -0.15) is 5.10 Å². The summed E-state index contributed by atoms with van der Waals surface area (Å²) in [6.45, 7) is 3.79. The molecule has 10 heteroatoms. The van der Waals surface area contributed by atoms with E-state index in [1.165, 1.54) is 12.1 Å². The first-order valence-electron chi connectivity index (χ1n) is 10.5. The van der Waals surface area contributed by atoms with Crippen LogP contribution >= 0.6 is 0 Å². The molecule has 0 aliphatic heterocycles. The zero-order valence-corrected chi connectivity index (χ0v) is 18.6. The lowest BCUT2D eigenvalue weighted by Gasteiger charge is -2.07. The molecule has 0 bridgehead atoms. The maximum atomic E-state index is 13.9. The number of hydrogen-bond donors (Lipinski definition) is 3. The number of carbonyl (C=O) groups excluding carboxylic acids is 2. The Kier molecular flexibility index (Phi) is 6.13. The molecule has 4 aromatic rings. The third-order valence-corrected chi connectivity index (χ3v) is 5.19. The van der Waals surface area contributed by atoms with Crippen molar-refractivity contribution in [2.24, 2.45) is 5.73 Å². The number of carbonyl (C=O) groups is 2. The molecule has 2 aromatic heterocycles. The van der Waals surface area contributed by atoms with Gasteiger partial charge in [0.15, 0.2) is 11.6 Å². The van der Waals surface area contributed by atoms with Gasteiger partial charge in [0.1, 0.15) is 22.9 Å². The predicted octanol–water partition coefficient (Wildman–Crippen LogP) is 3.79. The van der Waals surface area contributed by atoms with Crippen molar-refractivity contribution >= 4 is 23.5 Å². The Morgan fingerprint density at radius 2 is 1.85 bits per heavy atom. The van der Waals surface area contributed by atoms with E-state index in [4.69, 9.17) is 16.0 Å². The fourth-order valence-electron chi connectivity index (χ4n) is 3.56. The van der Waals surface area contributed by atoms with Gasteiger partial charge >= 0.3 is 0 Å². The first kappa shape index (κ1) is 22.7. The molecule has 0 saturated heterocycles. The number of nitrogens with one attached hydrogen (secondary N) is 1. The first-order chi connectivity index (χ1) is 16.2. The van der Waals surface area contributed by atoms with E-state index in [0.29, 0.717) is 11.3 Å². The van der Waals surface area contributed by atoms with E-state index in [0.717, 1.165) is 5.56 Å². The van der Waals surface area contributed by atoms with Crippen LogP contribution in [0, 0.1) is 5.82 Å². The van der Waals surface area contributed by atoms with Gasteiger partial charge in [-0.1, -0.05) is 41.6 Å². The summed E-state index contributed by atoms with van der Waals surface area (Å²) in [7, 11) is 0. The Morgan fingerprint density at radius 1 is 1.15 bits per heavy atom. The summed E-state index contributed by atoms with van der Waals surface area (Å²) < 4.78 is 20.6. The highest BCUT2D eigenvalue weighted by Gasteiger charge is 2.22. The summed E-state index contributed by atoms with van der Waals surface area (Å²) in [5.74, 6) is -0.833. The Labute approximate surface area is 194 Å². The molecule has 174 valence electrons. The second-order valence-electron chi connectivity index (χ2n) is 7.99. The molecular weight excluding hydrogens is 439 g/mol. The fourth-order valence-corrected chi connectivity index (χ4v) is 3.56. The van der Waals surface area contributed by atoms with Gasteiger partial charge in [-0.15, -0.1) is 0 Å². The molecule has 0 radical (unpaired) electrons. The average molecular weight is 462 g/mol. The average Bonchev–Trinajstić information content (AvgIpc) is 3.39. The van der Waals surface area contributed by atoms with Gasteiger partial charge in [-0.3, -0.25) is 9.59 Å². The van der Waals surface area contributed by atoms with Gasteiger partial charge in [0.05, 0.1) is 12.0 Å². The number of rotatable bonds is 7. The molecule has 0 atom stereocenters. The number of aromatic nitrogens is 3. The van der Waals surface area contributed by atoms with E-state index in [2.05, 4.69) is 15.6 Å². The molecule has 0 spiro atoms. The normalized spacial score (nSPS) is 11.1. The zero-order chi connectivity index (χ0) is 24.4. The van der Waals surface area contributed by atoms with E-state index in [1.807, 2.05) is 13.8 Å². The van der Waals surface area contributed by atoms with Crippen molar-refractivity contribution in [3.63, 3.8) is 0 Å². The summed E-state index contributed by atoms with van der Waals surface area (Å²) in [5.41, 5.74) is 13.8. The molecule has 4 rings (SSSR count). The molecule has 2 heterocycles. The molecule has 2 aromatic carbocycles. The number of anilines is 2. The summed E-state index contributed by atoms with van der Waals surface area (Å²) >= 11 is 0. The van der Waals surface area contributed by atoms with Gasteiger partial charge < -0.3 is 21.3 Å². The number of nitrogen functional groups attached to an aromatic ring is 1. The predicted molar refractivity (Wildman–Crippen MR) is 125 cm³/mol. The van der Waals surface area contributed by atoms with Gasteiger partial charge in [0.25, 0.3) is 5.91 Å². The number of benzene rings is 2. The molecule has 9 nitrogen and oxygen atoms in total. The third kappa shape index (κ3) is 4.51. The Hall–Kier alpha value is -4.47.